The Hall–Kier alpha value is -1.96. The van der Waals surface area contributed by atoms with E-state index in [0.717, 1.165) is 56.4 Å². The molecule has 1 heterocycles. The van der Waals surface area contributed by atoms with Gasteiger partial charge in [0.15, 0.2) is 0 Å². The molecular formula is C32H52O2. The van der Waals surface area contributed by atoms with Gasteiger partial charge in [-0.2, -0.15) is 0 Å². The lowest BCUT2D eigenvalue weighted by atomic mass is 9.85. The largest absolute Gasteiger partial charge is 0.496 e. The lowest BCUT2D eigenvalue weighted by Crippen LogP contribution is -2.37. The summed E-state index contributed by atoms with van der Waals surface area (Å²) in [5.41, 5.74) is 9.33. The number of benzene rings is 1. The van der Waals surface area contributed by atoms with E-state index in [1.807, 2.05) is 13.8 Å². The van der Waals surface area contributed by atoms with Crippen molar-refractivity contribution in [2.45, 2.75) is 126 Å². The summed E-state index contributed by atoms with van der Waals surface area (Å²) in [7, 11) is 1.77. The number of rotatable bonds is 10. The fraction of sp³-hybridized carbons (Fsp3) is 0.625. The van der Waals surface area contributed by atoms with Crippen molar-refractivity contribution in [2.75, 3.05) is 7.11 Å². The summed E-state index contributed by atoms with van der Waals surface area (Å²) in [5, 5.41) is 0. The predicted molar refractivity (Wildman–Crippen MR) is 151 cm³/mol. The molecule has 0 radical (unpaired) electrons. The summed E-state index contributed by atoms with van der Waals surface area (Å²) in [6.07, 6.45) is 16.1. The SMILES string of the molecule is CC.COc1c(C)c(C)c2c(c1C)CC[C@@](C)(CC/C=C(\C)CC/C=C(\C)CCC=C(C)C)O2. The Morgan fingerprint density at radius 1 is 0.853 bits per heavy atom. The van der Waals surface area contributed by atoms with Crippen molar-refractivity contribution < 1.29 is 9.47 Å². The van der Waals surface area contributed by atoms with Gasteiger partial charge in [0.05, 0.1) is 7.11 Å². The Morgan fingerprint density at radius 3 is 1.97 bits per heavy atom. The Labute approximate surface area is 211 Å². The summed E-state index contributed by atoms with van der Waals surface area (Å²) in [4.78, 5) is 0. The van der Waals surface area contributed by atoms with Crippen molar-refractivity contribution in [2.24, 2.45) is 0 Å². The predicted octanol–water partition coefficient (Wildman–Crippen LogP) is 9.93. The summed E-state index contributed by atoms with van der Waals surface area (Å²) >= 11 is 0. The first-order valence-corrected chi connectivity index (χ1v) is 13.4. The Morgan fingerprint density at radius 2 is 1.41 bits per heavy atom. The molecule has 0 aromatic heterocycles. The van der Waals surface area contributed by atoms with E-state index in [4.69, 9.17) is 9.47 Å². The number of methoxy groups -OCH3 is 1. The van der Waals surface area contributed by atoms with Crippen LogP contribution in [0.3, 0.4) is 0 Å². The van der Waals surface area contributed by atoms with Crippen LogP contribution in [0.25, 0.3) is 0 Å². The number of fused-ring (bicyclic) bond motifs is 1. The molecule has 0 fully saturated rings. The van der Waals surface area contributed by atoms with Gasteiger partial charge in [0.2, 0.25) is 0 Å². The van der Waals surface area contributed by atoms with Gasteiger partial charge in [0.25, 0.3) is 0 Å². The number of hydrogen-bond donors (Lipinski definition) is 0. The molecule has 1 aromatic carbocycles. The molecule has 1 aliphatic heterocycles. The third-order valence-electron chi connectivity index (χ3n) is 7.06. The maximum Gasteiger partial charge on any atom is 0.127 e. The average Bonchev–Trinajstić information content (AvgIpc) is 2.79. The van der Waals surface area contributed by atoms with Crippen molar-refractivity contribution >= 4 is 0 Å². The first-order chi connectivity index (χ1) is 16.1. The van der Waals surface area contributed by atoms with Crippen LogP contribution in [-0.4, -0.2) is 12.7 Å². The van der Waals surface area contributed by atoms with E-state index in [1.165, 1.54) is 45.4 Å². The van der Waals surface area contributed by atoms with Crippen LogP contribution >= 0.6 is 0 Å². The minimum atomic E-state index is -0.0938. The third kappa shape index (κ3) is 8.67. The van der Waals surface area contributed by atoms with Crippen LogP contribution in [0, 0.1) is 20.8 Å². The molecule has 2 nitrogen and oxygen atoms in total. The Bertz CT molecular complexity index is 881. The highest BCUT2D eigenvalue weighted by Gasteiger charge is 2.34. The molecule has 34 heavy (non-hydrogen) atoms. The Kier molecular flexibility index (Phi) is 12.8. The normalized spacial score (nSPS) is 17.9. The smallest absolute Gasteiger partial charge is 0.127 e. The summed E-state index contributed by atoms with van der Waals surface area (Å²) in [6.45, 7) is 21.6. The van der Waals surface area contributed by atoms with Gasteiger partial charge in [-0.05, 0) is 123 Å². The van der Waals surface area contributed by atoms with Crippen molar-refractivity contribution in [1.82, 2.24) is 0 Å². The van der Waals surface area contributed by atoms with Crippen molar-refractivity contribution in [1.29, 1.82) is 0 Å². The third-order valence-corrected chi connectivity index (χ3v) is 7.06. The van der Waals surface area contributed by atoms with Crippen molar-refractivity contribution in [3.05, 3.63) is 57.2 Å². The molecule has 0 saturated heterocycles. The molecule has 2 heteroatoms. The molecule has 0 spiro atoms. The second-order valence-electron chi connectivity index (χ2n) is 10.3. The van der Waals surface area contributed by atoms with E-state index in [0.29, 0.717) is 0 Å². The van der Waals surface area contributed by atoms with Crippen LogP contribution < -0.4 is 9.47 Å². The zero-order chi connectivity index (χ0) is 25.9. The van der Waals surface area contributed by atoms with Gasteiger partial charge in [-0.25, -0.2) is 0 Å². The second-order valence-corrected chi connectivity index (χ2v) is 10.3. The lowest BCUT2D eigenvalue weighted by Gasteiger charge is -2.38. The first kappa shape index (κ1) is 30.1. The van der Waals surface area contributed by atoms with E-state index in [9.17, 15) is 0 Å². The molecule has 1 atom stereocenters. The van der Waals surface area contributed by atoms with Crippen LogP contribution in [0.2, 0.25) is 0 Å². The van der Waals surface area contributed by atoms with E-state index in [2.05, 4.69) is 73.6 Å². The number of allylic oxidation sites excluding steroid dienone is 6. The van der Waals surface area contributed by atoms with Crippen molar-refractivity contribution in [3.8, 4) is 11.5 Å². The van der Waals surface area contributed by atoms with Gasteiger partial charge >= 0.3 is 0 Å². The topological polar surface area (TPSA) is 18.5 Å². The monoisotopic (exact) mass is 468 g/mol. The molecule has 1 aromatic rings. The quantitative estimate of drug-likeness (QED) is 0.318. The van der Waals surface area contributed by atoms with E-state index in [-0.39, 0.29) is 5.60 Å². The van der Waals surface area contributed by atoms with E-state index in [1.54, 1.807) is 7.11 Å². The van der Waals surface area contributed by atoms with Gasteiger partial charge in [-0.1, -0.05) is 48.8 Å². The summed E-state index contributed by atoms with van der Waals surface area (Å²) < 4.78 is 12.3. The molecular weight excluding hydrogens is 416 g/mol. The molecule has 0 saturated carbocycles. The lowest BCUT2D eigenvalue weighted by molar-refractivity contribution is 0.0558. The highest BCUT2D eigenvalue weighted by Crippen LogP contribution is 2.44. The molecule has 0 bridgehead atoms. The van der Waals surface area contributed by atoms with Gasteiger partial charge in [-0.15, -0.1) is 0 Å². The van der Waals surface area contributed by atoms with Crippen LogP contribution in [0.1, 0.15) is 116 Å². The molecule has 192 valence electrons. The molecule has 0 amide bonds. The molecule has 1 aliphatic rings. The molecule has 0 N–H and O–H groups in total. The highest BCUT2D eigenvalue weighted by molar-refractivity contribution is 5.58. The van der Waals surface area contributed by atoms with Crippen molar-refractivity contribution in [3.63, 3.8) is 0 Å². The van der Waals surface area contributed by atoms with Crippen LogP contribution in [-0.2, 0) is 6.42 Å². The fourth-order valence-corrected chi connectivity index (χ4v) is 4.73. The zero-order valence-electron chi connectivity index (χ0n) is 24.2. The minimum absolute atomic E-state index is 0.0938. The second kappa shape index (κ2) is 14.4. The molecule has 0 unspecified atom stereocenters. The maximum atomic E-state index is 6.66. The van der Waals surface area contributed by atoms with Gasteiger partial charge < -0.3 is 9.47 Å². The van der Waals surface area contributed by atoms with Crippen LogP contribution in [0.5, 0.6) is 11.5 Å². The van der Waals surface area contributed by atoms with Gasteiger partial charge in [-0.3, -0.25) is 0 Å². The van der Waals surface area contributed by atoms with E-state index < -0.39 is 0 Å². The Balaban J connectivity index is 0.00000281. The maximum absolute atomic E-state index is 6.66. The standard InChI is InChI=1S/C30H46O2.C2H6/c1-21(2)13-10-14-22(3)15-11-16-23(4)17-12-19-30(8)20-18-27-26(7)28(31-9)24(5)25(6)29(27)32-30;1-2/h13,15,17H,10-12,14,16,18-20H2,1-9H3;1-2H3/b22-15+,23-17+;/t30-;/m1./s1. The van der Waals surface area contributed by atoms with Gasteiger partial charge in [0, 0.05) is 5.56 Å². The molecule has 2 rings (SSSR count). The summed E-state index contributed by atoms with van der Waals surface area (Å²) in [5.74, 6) is 2.12. The zero-order valence-corrected chi connectivity index (χ0v) is 24.2. The summed E-state index contributed by atoms with van der Waals surface area (Å²) in [6, 6.07) is 0. The molecule has 0 aliphatic carbocycles. The number of ether oxygens (including phenoxy) is 2. The fourth-order valence-electron chi connectivity index (χ4n) is 4.73. The highest BCUT2D eigenvalue weighted by atomic mass is 16.5. The van der Waals surface area contributed by atoms with E-state index >= 15 is 0 Å². The number of hydrogen-bond acceptors (Lipinski definition) is 2. The van der Waals surface area contributed by atoms with Crippen LogP contribution in [0.4, 0.5) is 0 Å². The van der Waals surface area contributed by atoms with Gasteiger partial charge in [0.1, 0.15) is 17.1 Å². The average molecular weight is 469 g/mol. The minimum Gasteiger partial charge on any atom is -0.496 e. The first-order valence-electron chi connectivity index (χ1n) is 13.4. The van der Waals surface area contributed by atoms with Crippen LogP contribution in [0.15, 0.2) is 34.9 Å².